The summed E-state index contributed by atoms with van der Waals surface area (Å²) in [6, 6.07) is 4.75. The number of amides is 2. The summed E-state index contributed by atoms with van der Waals surface area (Å²) >= 11 is 0. The van der Waals surface area contributed by atoms with Gasteiger partial charge >= 0.3 is 0 Å². The van der Waals surface area contributed by atoms with Crippen molar-refractivity contribution in [2.75, 3.05) is 16.4 Å². The minimum atomic E-state index is -0.385. The number of nitrogens with two attached hydrogens (primary N) is 1. The number of benzene rings is 1. The van der Waals surface area contributed by atoms with E-state index in [1.165, 1.54) is 0 Å². The monoisotopic (exact) mass is 231 g/mol. The molecule has 0 bridgehead atoms. The Hall–Kier alpha value is -2.56. The molecule has 1 aromatic carbocycles. The molecule has 0 unspecified atom stereocenters. The molecule has 5 nitrogen and oxygen atoms in total. The third kappa shape index (κ3) is 3.49. The highest BCUT2D eigenvalue weighted by molar-refractivity contribution is 6.06. The van der Waals surface area contributed by atoms with E-state index in [0.29, 0.717) is 17.1 Å². The van der Waals surface area contributed by atoms with Crippen molar-refractivity contribution in [1.82, 2.24) is 0 Å². The van der Waals surface area contributed by atoms with Crippen LogP contribution in [0.2, 0.25) is 0 Å². The van der Waals surface area contributed by atoms with Crippen LogP contribution >= 0.6 is 0 Å². The Kier molecular flexibility index (Phi) is 4.05. The van der Waals surface area contributed by atoms with Crippen LogP contribution in [0.15, 0.2) is 43.5 Å². The van der Waals surface area contributed by atoms with Gasteiger partial charge in [-0.05, 0) is 30.4 Å². The highest BCUT2D eigenvalue weighted by atomic mass is 16.2. The second kappa shape index (κ2) is 5.50. The molecule has 0 aliphatic carbocycles. The van der Waals surface area contributed by atoms with Crippen molar-refractivity contribution in [1.29, 1.82) is 0 Å². The molecule has 1 rings (SSSR count). The molecule has 0 heterocycles. The average molecular weight is 231 g/mol. The Morgan fingerprint density at radius 2 is 1.59 bits per heavy atom. The fourth-order valence-electron chi connectivity index (χ4n) is 1.14. The second-order valence-electron chi connectivity index (χ2n) is 3.19. The summed E-state index contributed by atoms with van der Waals surface area (Å²) in [7, 11) is 0. The minimum absolute atomic E-state index is 0.371. The normalized spacial score (nSPS) is 9.18. The van der Waals surface area contributed by atoms with Crippen LogP contribution in [0, 0.1) is 0 Å². The van der Waals surface area contributed by atoms with Gasteiger partial charge in [-0.2, -0.15) is 0 Å². The molecule has 4 N–H and O–H groups in total. The van der Waals surface area contributed by atoms with E-state index in [4.69, 9.17) is 5.73 Å². The Balaban J connectivity index is 3.02. The summed E-state index contributed by atoms with van der Waals surface area (Å²) < 4.78 is 0. The van der Waals surface area contributed by atoms with Gasteiger partial charge in [-0.25, -0.2) is 0 Å². The summed E-state index contributed by atoms with van der Waals surface area (Å²) in [5, 5.41) is 5.10. The maximum Gasteiger partial charge on any atom is 0.247 e. The van der Waals surface area contributed by atoms with Gasteiger partial charge in [0.15, 0.2) is 0 Å². The van der Waals surface area contributed by atoms with Gasteiger partial charge < -0.3 is 16.4 Å². The van der Waals surface area contributed by atoms with Gasteiger partial charge in [-0.3, -0.25) is 9.59 Å². The molecule has 5 heteroatoms. The Morgan fingerprint density at radius 1 is 1.06 bits per heavy atom. The lowest BCUT2D eigenvalue weighted by Gasteiger charge is -2.11. The van der Waals surface area contributed by atoms with Gasteiger partial charge in [-0.1, -0.05) is 13.2 Å². The number of nitrogen functional groups attached to an aromatic ring is 1. The predicted molar refractivity (Wildman–Crippen MR) is 68.5 cm³/mol. The van der Waals surface area contributed by atoms with Gasteiger partial charge in [0.1, 0.15) is 0 Å². The number of hydrogen-bond acceptors (Lipinski definition) is 3. The number of hydrogen-bond donors (Lipinski definition) is 3. The first-order valence-electron chi connectivity index (χ1n) is 4.83. The standard InChI is InChI=1S/C12H13N3O2/c1-3-11(16)14-9-6-5-8(13)7-10(9)15-12(17)4-2/h3-7H,1-2,13H2,(H,14,16)(H,15,17). The third-order valence-electron chi connectivity index (χ3n) is 1.93. The van der Waals surface area contributed by atoms with E-state index in [2.05, 4.69) is 23.8 Å². The first kappa shape index (κ1) is 12.5. The molecule has 0 spiro atoms. The van der Waals surface area contributed by atoms with E-state index >= 15 is 0 Å². The van der Waals surface area contributed by atoms with Crippen molar-refractivity contribution >= 4 is 28.9 Å². The molecule has 2 amide bonds. The lowest BCUT2D eigenvalue weighted by Crippen LogP contribution is -2.13. The van der Waals surface area contributed by atoms with Crippen LogP contribution in [0.4, 0.5) is 17.1 Å². The van der Waals surface area contributed by atoms with Crippen LogP contribution in [-0.4, -0.2) is 11.8 Å². The zero-order chi connectivity index (χ0) is 12.8. The van der Waals surface area contributed by atoms with Gasteiger partial charge in [0.2, 0.25) is 11.8 Å². The van der Waals surface area contributed by atoms with Gasteiger partial charge in [-0.15, -0.1) is 0 Å². The second-order valence-corrected chi connectivity index (χ2v) is 3.19. The molecule has 0 saturated heterocycles. The number of carbonyl (C=O) groups is 2. The van der Waals surface area contributed by atoms with E-state index in [-0.39, 0.29) is 11.8 Å². The zero-order valence-corrected chi connectivity index (χ0v) is 9.19. The maximum atomic E-state index is 11.2. The van der Waals surface area contributed by atoms with Crippen molar-refractivity contribution < 1.29 is 9.59 Å². The molecule has 17 heavy (non-hydrogen) atoms. The molecule has 0 aromatic heterocycles. The third-order valence-corrected chi connectivity index (χ3v) is 1.93. The van der Waals surface area contributed by atoms with Crippen LogP contribution in [0.5, 0.6) is 0 Å². The van der Waals surface area contributed by atoms with E-state index in [9.17, 15) is 9.59 Å². The van der Waals surface area contributed by atoms with E-state index in [0.717, 1.165) is 12.2 Å². The summed E-state index contributed by atoms with van der Waals surface area (Å²) in [6.07, 6.45) is 2.26. The number of rotatable bonds is 4. The quantitative estimate of drug-likeness (QED) is 0.542. The highest BCUT2D eigenvalue weighted by Gasteiger charge is 2.07. The van der Waals surface area contributed by atoms with E-state index in [1.54, 1.807) is 18.2 Å². The molecule has 88 valence electrons. The molecule has 0 radical (unpaired) electrons. The molecule has 0 aliphatic rings. The van der Waals surface area contributed by atoms with Gasteiger partial charge in [0.25, 0.3) is 0 Å². The average Bonchev–Trinajstić information content (AvgIpc) is 2.32. The van der Waals surface area contributed by atoms with E-state index < -0.39 is 0 Å². The van der Waals surface area contributed by atoms with E-state index in [1.807, 2.05) is 0 Å². The molecule has 0 aliphatic heterocycles. The predicted octanol–water partition coefficient (Wildman–Crippen LogP) is 1.52. The Morgan fingerprint density at radius 3 is 2.12 bits per heavy atom. The molecule has 1 aromatic rings. The summed E-state index contributed by atoms with van der Waals surface area (Å²) in [5.74, 6) is -0.756. The summed E-state index contributed by atoms with van der Waals surface area (Å²) in [5.41, 5.74) is 6.92. The summed E-state index contributed by atoms with van der Waals surface area (Å²) in [6.45, 7) is 6.68. The Bertz CT molecular complexity index is 481. The van der Waals surface area contributed by atoms with Gasteiger partial charge in [0, 0.05) is 5.69 Å². The smallest absolute Gasteiger partial charge is 0.247 e. The summed E-state index contributed by atoms with van der Waals surface area (Å²) in [4.78, 5) is 22.4. The number of nitrogens with one attached hydrogen (secondary N) is 2. The first-order valence-corrected chi connectivity index (χ1v) is 4.83. The molecule has 0 atom stereocenters. The first-order chi connectivity index (χ1) is 8.06. The lowest BCUT2D eigenvalue weighted by molar-refractivity contribution is -0.112. The largest absolute Gasteiger partial charge is 0.399 e. The maximum absolute atomic E-state index is 11.2. The fourth-order valence-corrected chi connectivity index (χ4v) is 1.14. The van der Waals surface area contributed by atoms with Crippen LogP contribution in [0.3, 0.4) is 0 Å². The Labute approximate surface area is 99.0 Å². The highest BCUT2D eigenvalue weighted by Crippen LogP contribution is 2.24. The zero-order valence-electron chi connectivity index (χ0n) is 9.19. The van der Waals surface area contributed by atoms with Crippen LogP contribution in [0.25, 0.3) is 0 Å². The molecule has 0 fully saturated rings. The van der Waals surface area contributed by atoms with Crippen molar-refractivity contribution in [3.63, 3.8) is 0 Å². The van der Waals surface area contributed by atoms with Crippen molar-refractivity contribution in [2.24, 2.45) is 0 Å². The SMILES string of the molecule is C=CC(=O)Nc1ccc(N)cc1NC(=O)C=C. The van der Waals surface area contributed by atoms with Crippen LogP contribution in [-0.2, 0) is 9.59 Å². The van der Waals surface area contributed by atoms with Crippen LogP contribution < -0.4 is 16.4 Å². The molecular weight excluding hydrogens is 218 g/mol. The van der Waals surface area contributed by atoms with Crippen molar-refractivity contribution in [3.05, 3.63) is 43.5 Å². The van der Waals surface area contributed by atoms with Crippen molar-refractivity contribution in [2.45, 2.75) is 0 Å². The number of anilines is 3. The number of carbonyl (C=O) groups excluding carboxylic acids is 2. The lowest BCUT2D eigenvalue weighted by atomic mass is 10.2. The molecular formula is C12H13N3O2. The van der Waals surface area contributed by atoms with Crippen LogP contribution in [0.1, 0.15) is 0 Å². The topological polar surface area (TPSA) is 84.2 Å². The minimum Gasteiger partial charge on any atom is -0.399 e. The van der Waals surface area contributed by atoms with Gasteiger partial charge in [0.05, 0.1) is 11.4 Å². The fraction of sp³-hybridized carbons (Fsp3) is 0. The van der Waals surface area contributed by atoms with Crippen molar-refractivity contribution in [3.8, 4) is 0 Å². The molecule has 0 saturated carbocycles.